The molecule has 0 bridgehead atoms. The molecule has 1 atom stereocenters. The highest BCUT2D eigenvalue weighted by Crippen LogP contribution is 2.14. The van der Waals surface area contributed by atoms with Crippen LogP contribution in [0.25, 0.3) is 0 Å². The maximum atomic E-state index is 10.2. The topological polar surface area (TPSA) is 37.0 Å². The van der Waals surface area contributed by atoms with E-state index in [0.29, 0.717) is 5.92 Å². The Bertz CT molecular complexity index is 293. The van der Waals surface area contributed by atoms with Gasteiger partial charge in [-0.05, 0) is 30.7 Å². The Morgan fingerprint density at radius 2 is 1.93 bits per heavy atom. The molecule has 0 aromatic heterocycles. The molecule has 81 valence electrons. The molecule has 0 heterocycles. The zero-order valence-electron chi connectivity index (χ0n) is 9.11. The van der Waals surface area contributed by atoms with E-state index in [0.717, 1.165) is 19.3 Å². The van der Waals surface area contributed by atoms with Crippen molar-refractivity contribution < 1.29 is 9.90 Å². The Labute approximate surface area is 90.9 Å². The van der Waals surface area contributed by atoms with Crippen molar-refractivity contribution in [1.82, 2.24) is 0 Å². The van der Waals surface area contributed by atoms with Crippen molar-refractivity contribution in [3.63, 3.8) is 0 Å². The van der Waals surface area contributed by atoms with Gasteiger partial charge in [0.2, 0.25) is 0 Å². The Kier molecular flexibility index (Phi) is 4.88. The minimum absolute atomic E-state index is 0.180. The molecule has 0 aliphatic rings. The summed E-state index contributed by atoms with van der Waals surface area (Å²) >= 11 is 0. The van der Waals surface area contributed by atoms with E-state index in [1.165, 1.54) is 5.56 Å². The molecule has 0 amide bonds. The van der Waals surface area contributed by atoms with Crippen LogP contribution in [0.4, 0.5) is 0 Å². The van der Waals surface area contributed by atoms with E-state index in [9.17, 15) is 9.90 Å². The number of rotatable bonds is 6. The van der Waals surface area contributed by atoms with Gasteiger partial charge in [0.05, 0.1) is 6.42 Å². The van der Waals surface area contributed by atoms with Crippen LogP contribution in [-0.2, 0) is 16.3 Å². The van der Waals surface area contributed by atoms with E-state index in [1.807, 2.05) is 18.2 Å². The largest absolute Gasteiger partial charge is 0.355 e. The molecule has 0 fully saturated rings. The van der Waals surface area contributed by atoms with E-state index in [2.05, 4.69) is 19.1 Å². The van der Waals surface area contributed by atoms with Gasteiger partial charge in [-0.25, -0.2) is 9.90 Å². The second-order valence-electron chi connectivity index (χ2n) is 4.06. The van der Waals surface area contributed by atoms with Gasteiger partial charge in [-0.15, -0.1) is 0 Å². The minimum Gasteiger partial charge on any atom is -0.247 e. The summed E-state index contributed by atoms with van der Waals surface area (Å²) < 4.78 is 0. The maximum absolute atomic E-state index is 10.2. The first-order valence-corrected chi connectivity index (χ1v) is 5.42. The lowest BCUT2D eigenvalue weighted by atomic mass is 9.96. The lowest BCUT2D eigenvalue weighted by Gasteiger charge is -2.09. The van der Waals surface area contributed by atoms with Gasteiger partial charge in [0.15, 0.2) is 0 Å². The highest BCUT2D eigenvalue weighted by Gasteiger charge is 2.05. The van der Waals surface area contributed by atoms with Crippen LogP contribution in [0, 0.1) is 5.92 Å². The third-order valence-electron chi connectivity index (χ3n) is 2.50. The van der Waals surface area contributed by atoms with Crippen LogP contribution in [-0.4, -0.2) is 5.97 Å². The molecule has 0 saturated heterocycles. The number of carbonyl (C=O) groups is 1. The third-order valence-corrected chi connectivity index (χ3v) is 2.50. The van der Waals surface area contributed by atoms with Crippen molar-refractivity contribution in [2.24, 2.45) is 5.92 Å². The summed E-state index contributed by atoms with van der Waals surface area (Å²) in [6.45, 7) is 2.16. The summed E-state index contributed by atoms with van der Waals surface area (Å²) in [7, 11) is 0. The van der Waals surface area contributed by atoms with Gasteiger partial charge >= 0.3 is 5.97 Å². The average Bonchev–Trinajstić information content (AvgIpc) is 2.18. The number of hydrogen-bond acceptors (Lipinski definition) is 1. The molecule has 0 spiro atoms. The molecule has 0 saturated carbocycles. The van der Waals surface area contributed by atoms with Crippen molar-refractivity contribution in [2.75, 3.05) is 0 Å². The summed E-state index contributed by atoms with van der Waals surface area (Å²) in [5.74, 6) is -0.409. The number of benzene rings is 1. The SMILES string of the molecule is CC(CCCC([O])=O)Cc1ccccc1. The van der Waals surface area contributed by atoms with E-state index >= 15 is 0 Å². The first-order chi connectivity index (χ1) is 7.18. The molecule has 15 heavy (non-hydrogen) atoms. The second-order valence-corrected chi connectivity index (χ2v) is 4.06. The molecular weight excluding hydrogens is 188 g/mol. The first-order valence-electron chi connectivity index (χ1n) is 5.42. The summed E-state index contributed by atoms with van der Waals surface area (Å²) in [6.07, 6.45) is 2.87. The van der Waals surface area contributed by atoms with E-state index in [1.54, 1.807) is 0 Å². The normalized spacial score (nSPS) is 12.3. The van der Waals surface area contributed by atoms with Crippen LogP contribution >= 0.6 is 0 Å². The smallest absolute Gasteiger partial charge is 0.247 e. The molecule has 0 aliphatic heterocycles. The zero-order valence-corrected chi connectivity index (χ0v) is 9.11. The van der Waals surface area contributed by atoms with Crippen LogP contribution in [0.5, 0.6) is 0 Å². The fourth-order valence-electron chi connectivity index (χ4n) is 1.71. The molecule has 0 aliphatic carbocycles. The van der Waals surface area contributed by atoms with Gasteiger partial charge < -0.3 is 0 Å². The van der Waals surface area contributed by atoms with E-state index in [4.69, 9.17) is 0 Å². The summed E-state index contributed by atoms with van der Waals surface area (Å²) in [4.78, 5) is 10.2. The van der Waals surface area contributed by atoms with E-state index < -0.39 is 5.97 Å². The van der Waals surface area contributed by atoms with Crippen LogP contribution in [0.15, 0.2) is 30.3 Å². The van der Waals surface area contributed by atoms with Crippen LogP contribution < -0.4 is 0 Å². The molecule has 1 rings (SSSR count). The summed E-state index contributed by atoms with van der Waals surface area (Å²) in [5, 5.41) is 10.2. The highest BCUT2D eigenvalue weighted by atomic mass is 16.4. The average molecular weight is 205 g/mol. The van der Waals surface area contributed by atoms with Crippen LogP contribution in [0.1, 0.15) is 31.7 Å². The van der Waals surface area contributed by atoms with Crippen molar-refractivity contribution in [3.05, 3.63) is 35.9 Å². The molecule has 1 unspecified atom stereocenters. The summed E-state index contributed by atoms with van der Waals surface area (Å²) in [6, 6.07) is 10.3. The fraction of sp³-hybridized carbons (Fsp3) is 0.462. The van der Waals surface area contributed by atoms with Crippen molar-refractivity contribution in [3.8, 4) is 0 Å². The van der Waals surface area contributed by atoms with Crippen molar-refractivity contribution in [1.29, 1.82) is 0 Å². The minimum atomic E-state index is -0.943. The van der Waals surface area contributed by atoms with Gasteiger partial charge in [0.1, 0.15) is 0 Å². The standard InChI is InChI=1S/C13H17O2/c1-11(6-5-9-13(14)15)10-12-7-3-2-4-8-12/h2-4,7-8,11H,5-6,9-10H2,1H3. The lowest BCUT2D eigenvalue weighted by molar-refractivity contribution is -0.143. The predicted octanol–water partition coefficient (Wildman–Crippen LogP) is 2.99. The quantitative estimate of drug-likeness (QED) is 0.703. The Balaban J connectivity index is 2.24. The molecule has 1 radical (unpaired) electrons. The predicted molar refractivity (Wildman–Crippen MR) is 58.9 cm³/mol. The van der Waals surface area contributed by atoms with Gasteiger partial charge in [-0.3, -0.25) is 0 Å². The van der Waals surface area contributed by atoms with Crippen molar-refractivity contribution >= 4 is 5.97 Å². The lowest BCUT2D eigenvalue weighted by Crippen LogP contribution is -2.01. The van der Waals surface area contributed by atoms with Gasteiger partial charge in [0.25, 0.3) is 0 Å². The fourth-order valence-corrected chi connectivity index (χ4v) is 1.71. The zero-order chi connectivity index (χ0) is 11.1. The van der Waals surface area contributed by atoms with Gasteiger partial charge in [0, 0.05) is 0 Å². The molecule has 2 heteroatoms. The number of carbonyl (C=O) groups excluding carboxylic acids is 1. The molecule has 1 aromatic rings. The van der Waals surface area contributed by atoms with Gasteiger partial charge in [-0.1, -0.05) is 37.3 Å². The maximum Gasteiger partial charge on any atom is 0.355 e. The third kappa shape index (κ3) is 5.21. The first kappa shape index (κ1) is 11.8. The molecular formula is C13H17O2. The number of hydrogen-bond donors (Lipinski definition) is 0. The van der Waals surface area contributed by atoms with Crippen molar-refractivity contribution in [2.45, 2.75) is 32.6 Å². The highest BCUT2D eigenvalue weighted by molar-refractivity contribution is 5.66. The van der Waals surface area contributed by atoms with E-state index in [-0.39, 0.29) is 6.42 Å². The molecule has 0 N–H and O–H groups in total. The Morgan fingerprint density at radius 3 is 2.53 bits per heavy atom. The van der Waals surface area contributed by atoms with Gasteiger partial charge in [-0.2, -0.15) is 0 Å². The second kappa shape index (κ2) is 6.23. The molecule has 1 aromatic carbocycles. The Morgan fingerprint density at radius 1 is 1.27 bits per heavy atom. The summed E-state index contributed by atoms with van der Waals surface area (Å²) in [5.41, 5.74) is 1.32. The van der Waals surface area contributed by atoms with Crippen LogP contribution in [0.2, 0.25) is 0 Å². The molecule has 2 nitrogen and oxygen atoms in total. The van der Waals surface area contributed by atoms with Crippen LogP contribution in [0.3, 0.4) is 0 Å². The Hall–Kier alpha value is -1.31. The monoisotopic (exact) mass is 205 g/mol.